The number of sulfonamides is 1. The van der Waals surface area contributed by atoms with Crippen LogP contribution in [0.5, 0.6) is 5.75 Å². The molecule has 168 valence electrons. The van der Waals surface area contributed by atoms with Crippen LogP contribution in [0.25, 0.3) is 0 Å². The highest BCUT2D eigenvalue weighted by atomic mass is 35.5. The van der Waals surface area contributed by atoms with Gasteiger partial charge in [0.15, 0.2) is 0 Å². The number of rotatable bonds is 9. The van der Waals surface area contributed by atoms with Gasteiger partial charge in [0, 0.05) is 23.1 Å². The SMILES string of the molecule is COc1ccc(CNC(=O)CN(Cc2ccc(Cl)cc2)S(=O)(=O)c2ccc(Cl)cc2)cc1. The zero-order valence-electron chi connectivity index (χ0n) is 17.3. The molecule has 0 aliphatic heterocycles. The maximum atomic E-state index is 13.3. The van der Waals surface area contributed by atoms with E-state index in [2.05, 4.69) is 5.32 Å². The molecule has 0 saturated heterocycles. The van der Waals surface area contributed by atoms with Crippen molar-refractivity contribution in [2.75, 3.05) is 13.7 Å². The Bertz CT molecular complexity index is 1150. The summed E-state index contributed by atoms with van der Waals surface area (Å²) in [5.74, 6) is 0.288. The number of nitrogens with zero attached hydrogens (tertiary/aromatic N) is 1. The molecule has 1 N–H and O–H groups in total. The van der Waals surface area contributed by atoms with Gasteiger partial charge in [-0.3, -0.25) is 4.79 Å². The quantitative estimate of drug-likeness (QED) is 0.476. The van der Waals surface area contributed by atoms with E-state index in [1.807, 2.05) is 12.1 Å². The van der Waals surface area contributed by atoms with Crippen LogP contribution in [0.2, 0.25) is 10.0 Å². The molecule has 0 aliphatic rings. The van der Waals surface area contributed by atoms with E-state index >= 15 is 0 Å². The average Bonchev–Trinajstić information content (AvgIpc) is 2.79. The van der Waals surface area contributed by atoms with Crippen molar-refractivity contribution in [3.63, 3.8) is 0 Å². The van der Waals surface area contributed by atoms with Gasteiger partial charge in [0.05, 0.1) is 18.6 Å². The lowest BCUT2D eigenvalue weighted by Gasteiger charge is -2.22. The smallest absolute Gasteiger partial charge is 0.243 e. The van der Waals surface area contributed by atoms with Crippen LogP contribution in [-0.4, -0.2) is 32.3 Å². The summed E-state index contributed by atoms with van der Waals surface area (Å²) in [6, 6.07) is 19.9. The molecule has 3 rings (SSSR count). The highest BCUT2D eigenvalue weighted by Gasteiger charge is 2.27. The van der Waals surface area contributed by atoms with Gasteiger partial charge in [-0.1, -0.05) is 47.5 Å². The lowest BCUT2D eigenvalue weighted by Crippen LogP contribution is -2.40. The minimum Gasteiger partial charge on any atom is -0.497 e. The average molecular weight is 493 g/mol. The lowest BCUT2D eigenvalue weighted by molar-refractivity contribution is -0.121. The molecule has 0 saturated carbocycles. The Morgan fingerprint density at radius 3 is 1.97 bits per heavy atom. The van der Waals surface area contributed by atoms with Crippen molar-refractivity contribution in [3.8, 4) is 5.75 Å². The van der Waals surface area contributed by atoms with Gasteiger partial charge in [-0.05, 0) is 59.7 Å². The normalized spacial score (nSPS) is 11.4. The van der Waals surface area contributed by atoms with E-state index in [4.69, 9.17) is 27.9 Å². The van der Waals surface area contributed by atoms with E-state index in [0.717, 1.165) is 9.87 Å². The molecule has 0 atom stereocenters. The van der Waals surface area contributed by atoms with Crippen molar-refractivity contribution >= 4 is 39.1 Å². The van der Waals surface area contributed by atoms with Crippen LogP contribution >= 0.6 is 23.2 Å². The predicted molar refractivity (Wildman–Crippen MR) is 125 cm³/mol. The zero-order chi connectivity index (χ0) is 23.1. The van der Waals surface area contributed by atoms with Gasteiger partial charge in [-0.15, -0.1) is 0 Å². The molecule has 3 aromatic carbocycles. The molecule has 6 nitrogen and oxygen atoms in total. The second kappa shape index (κ2) is 10.8. The zero-order valence-corrected chi connectivity index (χ0v) is 19.6. The molecule has 32 heavy (non-hydrogen) atoms. The number of benzene rings is 3. The van der Waals surface area contributed by atoms with Crippen LogP contribution in [-0.2, 0) is 27.9 Å². The van der Waals surface area contributed by atoms with E-state index in [9.17, 15) is 13.2 Å². The van der Waals surface area contributed by atoms with Crippen molar-refractivity contribution in [1.82, 2.24) is 9.62 Å². The summed E-state index contributed by atoms with van der Waals surface area (Å²) < 4.78 is 32.8. The number of halogens is 2. The molecule has 3 aromatic rings. The molecule has 0 unspecified atom stereocenters. The van der Waals surface area contributed by atoms with Crippen molar-refractivity contribution in [2.45, 2.75) is 18.0 Å². The Balaban J connectivity index is 1.77. The van der Waals surface area contributed by atoms with Crippen LogP contribution in [0, 0.1) is 0 Å². The van der Waals surface area contributed by atoms with Crippen LogP contribution in [0.1, 0.15) is 11.1 Å². The van der Waals surface area contributed by atoms with E-state index in [0.29, 0.717) is 21.4 Å². The van der Waals surface area contributed by atoms with Crippen LogP contribution < -0.4 is 10.1 Å². The number of amides is 1. The van der Waals surface area contributed by atoms with E-state index in [1.54, 1.807) is 43.5 Å². The number of hydrogen-bond acceptors (Lipinski definition) is 4. The van der Waals surface area contributed by atoms with Gasteiger partial charge in [0.25, 0.3) is 0 Å². The van der Waals surface area contributed by atoms with Crippen molar-refractivity contribution in [1.29, 1.82) is 0 Å². The highest BCUT2D eigenvalue weighted by molar-refractivity contribution is 7.89. The lowest BCUT2D eigenvalue weighted by atomic mass is 10.2. The Hall–Kier alpha value is -2.58. The van der Waals surface area contributed by atoms with Crippen LogP contribution in [0.4, 0.5) is 0 Å². The van der Waals surface area contributed by atoms with Gasteiger partial charge in [-0.25, -0.2) is 8.42 Å². The first-order chi connectivity index (χ1) is 15.3. The summed E-state index contributed by atoms with van der Waals surface area (Å²) in [7, 11) is -2.37. The standard InChI is InChI=1S/C23H22Cl2N2O4S/c1-31-21-10-4-17(5-11-21)14-26-23(28)16-27(15-18-2-6-19(24)7-3-18)32(29,30)22-12-8-20(25)9-13-22/h2-13H,14-16H2,1H3,(H,26,28). The van der Waals surface area contributed by atoms with E-state index in [-0.39, 0.29) is 24.5 Å². The van der Waals surface area contributed by atoms with Gasteiger partial charge in [0.2, 0.25) is 15.9 Å². The molecule has 0 aliphatic carbocycles. The third-order valence-electron chi connectivity index (χ3n) is 4.69. The Labute approximate surface area is 197 Å². The summed E-state index contributed by atoms with van der Waals surface area (Å²) in [6.45, 7) is -0.0690. The molecule has 0 fully saturated rings. The molecule has 0 radical (unpaired) electrons. The second-order valence-electron chi connectivity index (χ2n) is 6.98. The minimum absolute atomic E-state index is 0.0120. The number of methoxy groups -OCH3 is 1. The summed E-state index contributed by atoms with van der Waals surface area (Å²) >= 11 is 11.8. The van der Waals surface area contributed by atoms with Gasteiger partial charge in [-0.2, -0.15) is 4.31 Å². The number of ether oxygens (including phenoxy) is 1. The Morgan fingerprint density at radius 2 is 1.41 bits per heavy atom. The molecule has 0 aromatic heterocycles. The topological polar surface area (TPSA) is 75.7 Å². The third kappa shape index (κ3) is 6.46. The first-order valence-corrected chi connectivity index (χ1v) is 11.9. The number of nitrogens with one attached hydrogen (secondary N) is 1. The maximum absolute atomic E-state index is 13.3. The van der Waals surface area contributed by atoms with Crippen molar-refractivity contribution < 1.29 is 17.9 Å². The third-order valence-corrected chi connectivity index (χ3v) is 7.00. The fraction of sp³-hybridized carbons (Fsp3) is 0.174. The molecule has 0 spiro atoms. The molecular weight excluding hydrogens is 471 g/mol. The largest absolute Gasteiger partial charge is 0.497 e. The van der Waals surface area contributed by atoms with E-state index in [1.165, 1.54) is 24.3 Å². The van der Waals surface area contributed by atoms with Crippen molar-refractivity contribution in [2.24, 2.45) is 0 Å². The highest BCUT2D eigenvalue weighted by Crippen LogP contribution is 2.21. The molecule has 0 heterocycles. The summed E-state index contributed by atoms with van der Waals surface area (Å²) in [5.41, 5.74) is 1.57. The van der Waals surface area contributed by atoms with Gasteiger partial charge in [0.1, 0.15) is 5.75 Å². The Morgan fingerprint density at radius 1 is 0.875 bits per heavy atom. The number of carbonyl (C=O) groups excluding carboxylic acids is 1. The first-order valence-electron chi connectivity index (χ1n) is 9.68. The molecule has 1 amide bonds. The number of carbonyl (C=O) groups is 1. The minimum atomic E-state index is -3.95. The summed E-state index contributed by atoms with van der Waals surface area (Å²) in [6.07, 6.45) is 0. The first kappa shape index (κ1) is 24.1. The van der Waals surface area contributed by atoms with Gasteiger partial charge >= 0.3 is 0 Å². The van der Waals surface area contributed by atoms with Gasteiger partial charge < -0.3 is 10.1 Å². The summed E-state index contributed by atoms with van der Waals surface area (Å²) in [5, 5.41) is 3.73. The predicted octanol–water partition coefficient (Wildman–Crippen LogP) is 4.51. The van der Waals surface area contributed by atoms with Crippen molar-refractivity contribution in [3.05, 3.63) is 94.0 Å². The monoisotopic (exact) mass is 492 g/mol. The summed E-state index contributed by atoms with van der Waals surface area (Å²) in [4.78, 5) is 12.7. The molecule has 9 heteroatoms. The maximum Gasteiger partial charge on any atom is 0.243 e. The van der Waals surface area contributed by atoms with Crippen LogP contribution in [0.15, 0.2) is 77.7 Å². The molecule has 0 bridgehead atoms. The second-order valence-corrected chi connectivity index (χ2v) is 9.79. The fourth-order valence-electron chi connectivity index (χ4n) is 2.94. The van der Waals surface area contributed by atoms with E-state index < -0.39 is 15.9 Å². The molecular formula is C23H22Cl2N2O4S. The number of hydrogen-bond donors (Lipinski definition) is 1. The Kier molecular flexibility index (Phi) is 8.15. The fourth-order valence-corrected chi connectivity index (χ4v) is 4.57. The van der Waals surface area contributed by atoms with Crippen LogP contribution in [0.3, 0.4) is 0 Å².